The normalized spacial score (nSPS) is 18.5. The summed E-state index contributed by atoms with van der Waals surface area (Å²) >= 11 is 0. The first-order valence-electron chi connectivity index (χ1n) is 10.9. The molecule has 0 aromatic heterocycles. The van der Waals surface area contributed by atoms with E-state index < -0.39 is 0 Å². The molecule has 3 rings (SSSR count). The average Bonchev–Trinajstić information content (AvgIpc) is 3.08. The number of hydrogen-bond donors (Lipinski definition) is 2. The van der Waals surface area contributed by atoms with E-state index in [9.17, 15) is 19.2 Å². The van der Waals surface area contributed by atoms with Crippen LogP contribution in [0.2, 0.25) is 0 Å². The zero-order chi connectivity index (χ0) is 21.7. The second-order valence-electron chi connectivity index (χ2n) is 8.54. The number of amides is 4. The van der Waals surface area contributed by atoms with Crippen LogP contribution in [0.1, 0.15) is 85.1 Å². The largest absolute Gasteiger partial charge is 0.349 e. The second kappa shape index (κ2) is 9.87. The van der Waals surface area contributed by atoms with Gasteiger partial charge in [0.15, 0.2) is 0 Å². The van der Waals surface area contributed by atoms with Crippen molar-refractivity contribution in [3.63, 3.8) is 0 Å². The second-order valence-corrected chi connectivity index (χ2v) is 8.54. The highest BCUT2D eigenvalue weighted by Gasteiger charge is 2.31. The third-order valence-corrected chi connectivity index (χ3v) is 6.46. The van der Waals surface area contributed by atoms with E-state index in [0.29, 0.717) is 36.4 Å². The van der Waals surface area contributed by atoms with Crippen LogP contribution in [0.3, 0.4) is 0 Å². The van der Waals surface area contributed by atoms with Crippen molar-refractivity contribution in [1.29, 1.82) is 0 Å². The molecule has 1 saturated carbocycles. The van der Waals surface area contributed by atoms with Gasteiger partial charge >= 0.3 is 0 Å². The summed E-state index contributed by atoms with van der Waals surface area (Å²) in [6, 6.07) is 5.24. The molecule has 0 bridgehead atoms. The average molecular weight is 414 g/mol. The van der Waals surface area contributed by atoms with E-state index >= 15 is 0 Å². The lowest BCUT2D eigenvalue weighted by Crippen LogP contribution is -2.38. The molecule has 2 unspecified atom stereocenters. The van der Waals surface area contributed by atoms with Crippen LogP contribution in [0.15, 0.2) is 18.2 Å². The summed E-state index contributed by atoms with van der Waals surface area (Å²) in [6.45, 7) is 4.39. The molecule has 0 spiro atoms. The predicted octanol–water partition coefficient (Wildman–Crippen LogP) is 2.78. The molecular weight excluding hydrogens is 382 g/mol. The van der Waals surface area contributed by atoms with Crippen molar-refractivity contribution in [2.45, 2.75) is 77.4 Å². The summed E-state index contributed by atoms with van der Waals surface area (Å²) in [5, 5.41) is 5.25. The fourth-order valence-electron chi connectivity index (χ4n) is 4.52. The summed E-state index contributed by atoms with van der Waals surface area (Å²) in [4.78, 5) is 49.0. The van der Waals surface area contributed by atoms with Crippen molar-refractivity contribution in [3.05, 3.63) is 34.9 Å². The summed E-state index contributed by atoms with van der Waals surface area (Å²) in [7, 11) is 0. The number of hydrogen-bond acceptors (Lipinski definition) is 4. The zero-order valence-corrected chi connectivity index (χ0v) is 17.8. The molecule has 1 aromatic carbocycles. The van der Waals surface area contributed by atoms with E-state index in [4.69, 9.17) is 0 Å². The van der Waals surface area contributed by atoms with Crippen molar-refractivity contribution in [2.24, 2.45) is 5.92 Å². The summed E-state index contributed by atoms with van der Waals surface area (Å²) in [5.41, 5.74) is 2.02. The number of nitrogens with zero attached hydrogens (tertiary/aromatic N) is 1. The van der Waals surface area contributed by atoms with Crippen molar-refractivity contribution < 1.29 is 19.2 Å². The molecular formula is C23H31N3O4. The van der Waals surface area contributed by atoms with Crippen molar-refractivity contribution in [2.75, 3.05) is 0 Å². The minimum absolute atomic E-state index is 0.0872. The molecule has 2 atom stereocenters. The van der Waals surface area contributed by atoms with Gasteiger partial charge in [0.05, 0.1) is 0 Å². The molecule has 2 N–H and O–H groups in total. The Kier molecular flexibility index (Phi) is 7.24. The number of benzene rings is 1. The van der Waals surface area contributed by atoms with E-state index in [2.05, 4.69) is 17.6 Å². The lowest BCUT2D eigenvalue weighted by atomic mass is 9.84. The highest BCUT2D eigenvalue weighted by Crippen LogP contribution is 2.28. The van der Waals surface area contributed by atoms with Crippen LogP contribution in [0, 0.1) is 5.92 Å². The van der Waals surface area contributed by atoms with Crippen molar-refractivity contribution >= 4 is 24.1 Å². The first-order valence-corrected chi connectivity index (χ1v) is 10.9. The van der Waals surface area contributed by atoms with E-state index in [1.165, 1.54) is 19.3 Å². The minimum atomic E-state index is -0.355. The van der Waals surface area contributed by atoms with E-state index in [0.717, 1.165) is 18.4 Å². The van der Waals surface area contributed by atoms with Gasteiger partial charge in [0.25, 0.3) is 11.8 Å². The number of fused-ring (bicyclic) bond motifs is 1. The van der Waals surface area contributed by atoms with E-state index in [1.807, 2.05) is 13.0 Å². The lowest BCUT2D eigenvalue weighted by molar-refractivity contribution is -0.125. The van der Waals surface area contributed by atoms with Gasteiger partial charge < -0.3 is 10.2 Å². The van der Waals surface area contributed by atoms with Crippen molar-refractivity contribution in [1.82, 2.24) is 15.5 Å². The first kappa shape index (κ1) is 22.0. The number of carbonyl (C=O) groups is 4. The SMILES string of the molecule is CC(NC(=O)c1ccc2c(c1)CN(C(C)CCC(=O)NC=O)C2=O)C1CCCCC1. The van der Waals surface area contributed by atoms with Gasteiger partial charge in [-0.3, -0.25) is 24.5 Å². The Labute approximate surface area is 177 Å². The molecule has 7 heteroatoms. The van der Waals surface area contributed by atoms with Crippen LogP contribution in [0.5, 0.6) is 0 Å². The molecule has 30 heavy (non-hydrogen) atoms. The molecule has 1 fully saturated rings. The van der Waals surface area contributed by atoms with Gasteiger partial charge in [0, 0.05) is 36.2 Å². The quantitative estimate of drug-likeness (QED) is 0.641. The maximum atomic E-state index is 12.8. The van der Waals surface area contributed by atoms with Gasteiger partial charge in [-0.1, -0.05) is 19.3 Å². The molecule has 7 nitrogen and oxygen atoms in total. The predicted molar refractivity (Wildman–Crippen MR) is 113 cm³/mol. The Bertz CT molecular complexity index is 817. The molecule has 1 aliphatic heterocycles. The zero-order valence-electron chi connectivity index (χ0n) is 17.8. The molecule has 1 heterocycles. The maximum absolute atomic E-state index is 12.8. The summed E-state index contributed by atoms with van der Waals surface area (Å²) < 4.78 is 0. The maximum Gasteiger partial charge on any atom is 0.254 e. The number of imide groups is 1. The van der Waals surface area contributed by atoms with Gasteiger partial charge in [0.1, 0.15) is 0 Å². The Balaban J connectivity index is 1.61. The van der Waals surface area contributed by atoms with Gasteiger partial charge in [-0.25, -0.2) is 0 Å². The highest BCUT2D eigenvalue weighted by molar-refractivity contribution is 6.01. The van der Waals surface area contributed by atoms with Gasteiger partial charge in [-0.15, -0.1) is 0 Å². The third kappa shape index (κ3) is 5.07. The number of nitrogens with one attached hydrogen (secondary N) is 2. The van der Waals surface area contributed by atoms with Gasteiger partial charge in [-0.05, 0) is 62.8 Å². The van der Waals surface area contributed by atoms with E-state index in [-0.39, 0.29) is 36.2 Å². The first-order chi connectivity index (χ1) is 14.4. The Hall–Kier alpha value is -2.70. The molecule has 1 aliphatic carbocycles. The molecule has 1 aromatic rings. The summed E-state index contributed by atoms with van der Waals surface area (Å²) in [6.07, 6.45) is 7.08. The van der Waals surface area contributed by atoms with Gasteiger partial charge in [0.2, 0.25) is 12.3 Å². The van der Waals surface area contributed by atoms with Crippen LogP contribution in [0.25, 0.3) is 0 Å². The van der Waals surface area contributed by atoms with E-state index in [1.54, 1.807) is 17.0 Å². The summed E-state index contributed by atoms with van der Waals surface area (Å²) in [5.74, 6) is -0.00491. The molecule has 0 saturated heterocycles. The fraction of sp³-hybridized carbons (Fsp3) is 0.565. The van der Waals surface area contributed by atoms with Crippen LogP contribution in [-0.4, -0.2) is 41.1 Å². The Morgan fingerprint density at radius 2 is 1.93 bits per heavy atom. The van der Waals surface area contributed by atoms with Crippen LogP contribution in [-0.2, 0) is 16.1 Å². The van der Waals surface area contributed by atoms with Crippen LogP contribution >= 0.6 is 0 Å². The van der Waals surface area contributed by atoms with Crippen molar-refractivity contribution in [3.8, 4) is 0 Å². The van der Waals surface area contributed by atoms with Gasteiger partial charge in [-0.2, -0.15) is 0 Å². The Morgan fingerprint density at radius 1 is 1.20 bits per heavy atom. The third-order valence-electron chi connectivity index (χ3n) is 6.46. The lowest BCUT2D eigenvalue weighted by Gasteiger charge is -2.28. The molecule has 162 valence electrons. The minimum Gasteiger partial charge on any atom is -0.349 e. The number of rotatable bonds is 8. The van der Waals surface area contributed by atoms with Crippen LogP contribution in [0.4, 0.5) is 0 Å². The highest BCUT2D eigenvalue weighted by atomic mass is 16.2. The topological polar surface area (TPSA) is 95.6 Å². The molecule has 4 amide bonds. The van der Waals surface area contributed by atoms with Crippen LogP contribution < -0.4 is 10.6 Å². The fourth-order valence-corrected chi connectivity index (χ4v) is 4.52. The monoisotopic (exact) mass is 413 g/mol. The molecule has 2 aliphatic rings. The molecule has 0 radical (unpaired) electrons. The number of carbonyl (C=O) groups excluding carboxylic acids is 4. The standard InChI is InChI=1S/C23H31N3O4/c1-15(8-11-21(28)24-14-27)26-13-19-12-18(9-10-20(19)23(26)30)22(29)25-16(2)17-6-4-3-5-7-17/h9-10,12,14-17H,3-8,11,13H2,1-2H3,(H,25,29)(H,24,27,28). The Morgan fingerprint density at radius 3 is 2.63 bits per heavy atom. The smallest absolute Gasteiger partial charge is 0.254 e.